The van der Waals surface area contributed by atoms with E-state index in [1.165, 1.54) is 18.5 Å². The number of carboxylic acid groups (broad SMARTS) is 1. The lowest BCUT2D eigenvalue weighted by molar-refractivity contribution is -0.121. The topological polar surface area (TPSA) is 91.3 Å². The number of hydrogen-bond donors (Lipinski definition) is 3. The lowest BCUT2D eigenvalue weighted by atomic mass is 10.2. The van der Waals surface area contributed by atoms with E-state index in [2.05, 4.69) is 15.6 Å². The molecule has 1 unspecified atom stereocenters. The Hall–Kier alpha value is -2.11. The van der Waals surface area contributed by atoms with Crippen LogP contribution in [-0.4, -0.2) is 34.6 Å². The number of anilines is 1. The van der Waals surface area contributed by atoms with Gasteiger partial charge in [0.1, 0.15) is 11.6 Å². The van der Waals surface area contributed by atoms with E-state index in [-0.39, 0.29) is 11.5 Å². The second-order valence-corrected chi connectivity index (χ2v) is 4.73. The van der Waals surface area contributed by atoms with Crippen LogP contribution < -0.4 is 10.6 Å². The normalized spacial score (nSPS) is 12.0. The van der Waals surface area contributed by atoms with Gasteiger partial charge in [-0.05, 0) is 18.9 Å². The SMILES string of the molecule is CC(C)CNC(=O)C(C)Nc1ccncc1C(=O)O. The second-order valence-electron chi connectivity index (χ2n) is 4.73. The summed E-state index contributed by atoms with van der Waals surface area (Å²) < 4.78 is 0. The van der Waals surface area contributed by atoms with Gasteiger partial charge in [-0.15, -0.1) is 0 Å². The van der Waals surface area contributed by atoms with Crippen LogP contribution in [0.5, 0.6) is 0 Å². The molecule has 0 radical (unpaired) electrons. The zero-order valence-electron chi connectivity index (χ0n) is 11.3. The van der Waals surface area contributed by atoms with Gasteiger partial charge < -0.3 is 15.7 Å². The summed E-state index contributed by atoms with van der Waals surface area (Å²) in [4.78, 5) is 26.6. The minimum absolute atomic E-state index is 0.0472. The molecule has 0 spiro atoms. The third-order valence-electron chi connectivity index (χ3n) is 2.50. The fraction of sp³-hybridized carbons (Fsp3) is 0.462. The van der Waals surface area contributed by atoms with Crippen LogP contribution >= 0.6 is 0 Å². The second kappa shape index (κ2) is 6.72. The van der Waals surface area contributed by atoms with E-state index in [0.717, 1.165) is 0 Å². The number of carbonyl (C=O) groups is 2. The Morgan fingerprint density at radius 2 is 2.05 bits per heavy atom. The summed E-state index contributed by atoms with van der Waals surface area (Å²) in [6, 6.07) is 1.02. The monoisotopic (exact) mass is 265 g/mol. The van der Waals surface area contributed by atoms with E-state index in [9.17, 15) is 9.59 Å². The Morgan fingerprint density at radius 3 is 2.63 bits per heavy atom. The summed E-state index contributed by atoms with van der Waals surface area (Å²) in [5.74, 6) is -0.876. The van der Waals surface area contributed by atoms with Gasteiger partial charge in [-0.2, -0.15) is 0 Å². The highest BCUT2D eigenvalue weighted by Crippen LogP contribution is 2.14. The first-order chi connectivity index (χ1) is 8.91. The van der Waals surface area contributed by atoms with Crippen molar-refractivity contribution in [2.24, 2.45) is 5.92 Å². The van der Waals surface area contributed by atoms with Crippen LogP contribution in [0.15, 0.2) is 18.5 Å². The van der Waals surface area contributed by atoms with E-state index in [0.29, 0.717) is 18.2 Å². The maximum absolute atomic E-state index is 11.8. The van der Waals surface area contributed by atoms with Gasteiger partial charge in [-0.3, -0.25) is 9.78 Å². The molecule has 0 saturated heterocycles. The Labute approximate surface area is 112 Å². The van der Waals surface area contributed by atoms with Gasteiger partial charge in [0.05, 0.1) is 5.69 Å². The minimum atomic E-state index is -1.08. The largest absolute Gasteiger partial charge is 0.478 e. The lowest BCUT2D eigenvalue weighted by Crippen LogP contribution is -2.39. The van der Waals surface area contributed by atoms with Crippen molar-refractivity contribution in [1.29, 1.82) is 0 Å². The molecule has 104 valence electrons. The van der Waals surface area contributed by atoms with Crippen LogP contribution in [0.25, 0.3) is 0 Å². The molecule has 19 heavy (non-hydrogen) atoms. The first-order valence-corrected chi connectivity index (χ1v) is 6.13. The molecule has 6 nitrogen and oxygen atoms in total. The molecule has 0 aromatic carbocycles. The van der Waals surface area contributed by atoms with Crippen LogP contribution in [-0.2, 0) is 4.79 Å². The number of aromatic carboxylic acids is 1. The highest BCUT2D eigenvalue weighted by molar-refractivity contribution is 5.95. The first kappa shape index (κ1) is 14.9. The van der Waals surface area contributed by atoms with Crippen molar-refractivity contribution >= 4 is 17.6 Å². The molecule has 0 fully saturated rings. The Bertz CT molecular complexity index is 460. The molecule has 1 atom stereocenters. The molecule has 0 aliphatic carbocycles. The van der Waals surface area contributed by atoms with Gasteiger partial charge in [-0.1, -0.05) is 13.8 Å². The zero-order chi connectivity index (χ0) is 14.4. The van der Waals surface area contributed by atoms with Crippen molar-refractivity contribution in [2.45, 2.75) is 26.8 Å². The van der Waals surface area contributed by atoms with E-state index in [1.54, 1.807) is 6.92 Å². The molecule has 1 rings (SSSR count). The fourth-order valence-corrected chi connectivity index (χ4v) is 1.45. The number of hydrogen-bond acceptors (Lipinski definition) is 4. The van der Waals surface area contributed by atoms with Crippen LogP contribution in [0, 0.1) is 5.92 Å². The number of nitrogens with zero attached hydrogens (tertiary/aromatic N) is 1. The van der Waals surface area contributed by atoms with Crippen LogP contribution in [0.3, 0.4) is 0 Å². The maximum Gasteiger partial charge on any atom is 0.339 e. The lowest BCUT2D eigenvalue weighted by Gasteiger charge is -2.17. The molecule has 1 aromatic rings. The summed E-state index contributed by atoms with van der Waals surface area (Å²) in [7, 11) is 0. The number of rotatable bonds is 6. The Morgan fingerprint density at radius 1 is 1.37 bits per heavy atom. The average Bonchev–Trinajstić information content (AvgIpc) is 2.36. The third kappa shape index (κ3) is 4.57. The fourth-order valence-electron chi connectivity index (χ4n) is 1.45. The van der Waals surface area contributed by atoms with E-state index in [4.69, 9.17) is 5.11 Å². The van der Waals surface area contributed by atoms with E-state index in [1.807, 2.05) is 13.8 Å². The van der Waals surface area contributed by atoms with Gasteiger partial charge >= 0.3 is 5.97 Å². The predicted molar refractivity (Wildman–Crippen MR) is 72.1 cm³/mol. The zero-order valence-corrected chi connectivity index (χ0v) is 11.3. The number of carbonyl (C=O) groups excluding carboxylic acids is 1. The molecule has 0 aliphatic heterocycles. The van der Waals surface area contributed by atoms with Crippen molar-refractivity contribution in [3.8, 4) is 0 Å². The molecule has 1 heterocycles. The molecule has 0 aliphatic rings. The molecule has 1 aromatic heterocycles. The molecule has 0 saturated carbocycles. The van der Waals surface area contributed by atoms with Gasteiger partial charge in [0, 0.05) is 18.9 Å². The Kier molecular flexibility index (Phi) is 5.29. The minimum Gasteiger partial charge on any atom is -0.478 e. The number of aromatic nitrogens is 1. The average molecular weight is 265 g/mol. The number of pyridine rings is 1. The van der Waals surface area contributed by atoms with Crippen LogP contribution in [0.2, 0.25) is 0 Å². The molecule has 0 bridgehead atoms. The van der Waals surface area contributed by atoms with E-state index >= 15 is 0 Å². The summed E-state index contributed by atoms with van der Waals surface area (Å²) in [6.45, 7) is 6.28. The van der Waals surface area contributed by atoms with Gasteiger partial charge in [0.25, 0.3) is 0 Å². The van der Waals surface area contributed by atoms with Crippen LogP contribution in [0.1, 0.15) is 31.1 Å². The molecular weight excluding hydrogens is 246 g/mol. The third-order valence-corrected chi connectivity index (χ3v) is 2.50. The molecule has 1 amide bonds. The van der Waals surface area contributed by atoms with E-state index < -0.39 is 12.0 Å². The summed E-state index contributed by atoms with van der Waals surface area (Å²) >= 11 is 0. The maximum atomic E-state index is 11.8. The molecule has 6 heteroatoms. The highest BCUT2D eigenvalue weighted by Gasteiger charge is 2.16. The number of amides is 1. The van der Waals surface area contributed by atoms with Crippen molar-refractivity contribution < 1.29 is 14.7 Å². The van der Waals surface area contributed by atoms with Crippen molar-refractivity contribution in [1.82, 2.24) is 10.3 Å². The van der Waals surface area contributed by atoms with Crippen molar-refractivity contribution in [2.75, 3.05) is 11.9 Å². The van der Waals surface area contributed by atoms with Gasteiger partial charge in [0.15, 0.2) is 0 Å². The molecular formula is C13H19N3O3. The van der Waals surface area contributed by atoms with Crippen molar-refractivity contribution in [3.63, 3.8) is 0 Å². The number of nitrogens with one attached hydrogen (secondary N) is 2. The summed E-state index contributed by atoms with van der Waals surface area (Å²) in [5, 5.41) is 14.7. The highest BCUT2D eigenvalue weighted by atomic mass is 16.4. The summed E-state index contributed by atoms with van der Waals surface area (Å²) in [6.07, 6.45) is 2.73. The summed E-state index contributed by atoms with van der Waals surface area (Å²) in [5.41, 5.74) is 0.431. The van der Waals surface area contributed by atoms with Gasteiger partial charge in [0.2, 0.25) is 5.91 Å². The predicted octanol–water partition coefficient (Wildman–Crippen LogP) is 1.35. The van der Waals surface area contributed by atoms with Crippen LogP contribution in [0.4, 0.5) is 5.69 Å². The quantitative estimate of drug-likeness (QED) is 0.722. The standard InChI is InChI=1S/C13H19N3O3/c1-8(2)6-15-12(17)9(3)16-11-4-5-14-7-10(11)13(18)19/h4-5,7-9H,6H2,1-3H3,(H,14,16)(H,15,17)(H,18,19). The first-order valence-electron chi connectivity index (χ1n) is 6.13. The Balaban J connectivity index is 2.69. The van der Waals surface area contributed by atoms with Crippen molar-refractivity contribution in [3.05, 3.63) is 24.0 Å². The molecule has 3 N–H and O–H groups in total. The number of carboxylic acids is 1. The smallest absolute Gasteiger partial charge is 0.339 e. The van der Waals surface area contributed by atoms with Gasteiger partial charge in [-0.25, -0.2) is 4.79 Å².